The van der Waals surface area contributed by atoms with E-state index in [9.17, 15) is 4.79 Å². The predicted octanol–water partition coefficient (Wildman–Crippen LogP) is 2.97. The lowest BCUT2D eigenvalue weighted by atomic mass is 10.00. The van der Waals surface area contributed by atoms with E-state index in [1.54, 1.807) is 11.3 Å². The van der Waals surface area contributed by atoms with Crippen molar-refractivity contribution < 1.29 is 9.21 Å². The molecule has 0 spiro atoms. The van der Waals surface area contributed by atoms with Gasteiger partial charge in [0.25, 0.3) is 0 Å². The highest BCUT2D eigenvalue weighted by atomic mass is 32.1. The van der Waals surface area contributed by atoms with Gasteiger partial charge in [0.05, 0.1) is 0 Å². The Morgan fingerprint density at radius 1 is 1.52 bits per heavy atom. The molecule has 2 aromatic heterocycles. The van der Waals surface area contributed by atoms with Gasteiger partial charge < -0.3 is 14.6 Å². The van der Waals surface area contributed by atoms with Gasteiger partial charge >= 0.3 is 0 Å². The highest BCUT2D eigenvalue weighted by molar-refractivity contribution is 7.08. The number of hydrogen-bond donors (Lipinski definition) is 1. The lowest BCUT2D eigenvalue weighted by molar-refractivity contribution is -0.121. The van der Waals surface area contributed by atoms with Gasteiger partial charge in [-0.2, -0.15) is 11.3 Å². The van der Waals surface area contributed by atoms with Crippen LogP contribution in [0.1, 0.15) is 39.0 Å². The molecule has 6 nitrogen and oxygen atoms in total. The fourth-order valence-electron chi connectivity index (χ4n) is 3.31. The SMILES string of the molecule is CC1CCCN(CC(C)NC(=O)CCc2nnc(-c3ccsc3)o2)C1. The Balaban J connectivity index is 1.40. The Kier molecular flexibility index (Phi) is 6.20. The molecule has 0 saturated carbocycles. The summed E-state index contributed by atoms with van der Waals surface area (Å²) in [6.07, 6.45) is 3.41. The zero-order chi connectivity index (χ0) is 17.6. The molecule has 2 atom stereocenters. The molecule has 3 rings (SSSR count). The molecule has 7 heteroatoms. The van der Waals surface area contributed by atoms with Crippen LogP contribution in [0.15, 0.2) is 21.2 Å². The van der Waals surface area contributed by atoms with E-state index in [2.05, 4.69) is 34.3 Å². The van der Waals surface area contributed by atoms with Gasteiger partial charge in [-0.15, -0.1) is 10.2 Å². The summed E-state index contributed by atoms with van der Waals surface area (Å²) in [5.74, 6) is 1.82. The summed E-state index contributed by atoms with van der Waals surface area (Å²) in [6.45, 7) is 7.55. The van der Waals surface area contributed by atoms with E-state index in [-0.39, 0.29) is 11.9 Å². The van der Waals surface area contributed by atoms with Crippen LogP contribution in [0.3, 0.4) is 0 Å². The van der Waals surface area contributed by atoms with E-state index in [4.69, 9.17) is 4.42 Å². The van der Waals surface area contributed by atoms with Crippen molar-refractivity contribution >= 4 is 17.2 Å². The van der Waals surface area contributed by atoms with E-state index in [1.807, 2.05) is 16.8 Å². The number of rotatable bonds is 7. The number of carbonyl (C=O) groups is 1. The quantitative estimate of drug-likeness (QED) is 0.820. The molecule has 1 aliphatic rings. The van der Waals surface area contributed by atoms with Crippen LogP contribution < -0.4 is 5.32 Å². The number of hydrogen-bond acceptors (Lipinski definition) is 6. The number of nitrogens with one attached hydrogen (secondary N) is 1. The Morgan fingerprint density at radius 3 is 3.16 bits per heavy atom. The van der Waals surface area contributed by atoms with Crippen molar-refractivity contribution in [3.8, 4) is 11.5 Å². The van der Waals surface area contributed by atoms with Crippen LogP contribution in [-0.4, -0.2) is 46.7 Å². The summed E-state index contributed by atoms with van der Waals surface area (Å²) in [6, 6.07) is 2.10. The van der Waals surface area contributed by atoms with Crippen LogP contribution in [-0.2, 0) is 11.2 Å². The number of aromatic nitrogens is 2. The maximum atomic E-state index is 12.2. The fraction of sp³-hybridized carbons (Fsp3) is 0.611. The third kappa shape index (κ3) is 5.37. The molecule has 0 aliphatic carbocycles. The number of piperidine rings is 1. The average Bonchev–Trinajstić information content (AvgIpc) is 3.24. The number of carbonyl (C=O) groups excluding carboxylic acids is 1. The van der Waals surface area contributed by atoms with Crippen molar-refractivity contribution in [2.75, 3.05) is 19.6 Å². The summed E-state index contributed by atoms with van der Waals surface area (Å²) >= 11 is 1.59. The van der Waals surface area contributed by atoms with Gasteiger partial charge in [-0.05, 0) is 43.7 Å². The minimum absolute atomic E-state index is 0.0350. The van der Waals surface area contributed by atoms with Gasteiger partial charge in [0, 0.05) is 42.9 Å². The Bertz CT molecular complexity index is 670. The normalized spacial score (nSPS) is 19.7. The number of amides is 1. The van der Waals surface area contributed by atoms with Crippen LogP contribution in [0.4, 0.5) is 0 Å². The van der Waals surface area contributed by atoms with Crippen molar-refractivity contribution in [3.63, 3.8) is 0 Å². The third-order valence-corrected chi connectivity index (χ3v) is 5.16. The van der Waals surface area contributed by atoms with Gasteiger partial charge in [0.2, 0.25) is 17.7 Å². The fourth-order valence-corrected chi connectivity index (χ4v) is 3.94. The highest BCUT2D eigenvalue weighted by Gasteiger charge is 2.19. The Hall–Kier alpha value is -1.73. The van der Waals surface area contributed by atoms with Crippen molar-refractivity contribution in [2.24, 2.45) is 5.92 Å². The average molecular weight is 362 g/mol. The molecule has 2 unspecified atom stereocenters. The summed E-state index contributed by atoms with van der Waals surface area (Å²) < 4.78 is 5.61. The minimum atomic E-state index is 0.0350. The van der Waals surface area contributed by atoms with Gasteiger partial charge in [0.15, 0.2) is 0 Å². The number of nitrogens with zero attached hydrogens (tertiary/aromatic N) is 3. The highest BCUT2D eigenvalue weighted by Crippen LogP contribution is 2.20. The monoisotopic (exact) mass is 362 g/mol. The lowest BCUT2D eigenvalue weighted by Crippen LogP contribution is -2.45. The first-order chi connectivity index (χ1) is 12.1. The molecule has 1 aliphatic heterocycles. The van der Waals surface area contributed by atoms with Crippen LogP contribution in [0.5, 0.6) is 0 Å². The number of likely N-dealkylation sites (tertiary alicyclic amines) is 1. The van der Waals surface area contributed by atoms with Crippen molar-refractivity contribution in [1.82, 2.24) is 20.4 Å². The van der Waals surface area contributed by atoms with Crippen molar-refractivity contribution in [1.29, 1.82) is 0 Å². The number of aryl methyl sites for hydroxylation is 1. The summed E-state index contributed by atoms with van der Waals surface area (Å²) in [5, 5.41) is 15.1. The standard InChI is InChI=1S/C18H26N4O2S/c1-13-4-3-8-22(10-13)11-14(2)19-16(23)5-6-17-20-21-18(24-17)15-7-9-25-12-15/h7,9,12-14H,3-6,8,10-11H2,1-2H3,(H,19,23). The van der Waals surface area contributed by atoms with Crippen molar-refractivity contribution in [3.05, 3.63) is 22.7 Å². The van der Waals surface area contributed by atoms with Crippen LogP contribution in [0, 0.1) is 5.92 Å². The summed E-state index contributed by atoms with van der Waals surface area (Å²) in [7, 11) is 0. The molecular formula is C18H26N4O2S. The molecule has 1 amide bonds. The van der Waals surface area contributed by atoms with Crippen molar-refractivity contribution in [2.45, 2.75) is 45.6 Å². The first kappa shape index (κ1) is 18.1. The molecule has 136 valence electrons. The number of thiophene rings is 1. The zero-order valence-electron chi connectivity index (χ0n) is 14.9. The largest absolute Gasteiger partial charge is 0.421 e. The maximum absolute atomic E-state index is 12.2. The molecular weight excluding hydrogens is 336 g/mol. The smallest absolute Gasteiger partial charge is 0.248 e. The van der Waals surface area contributed by atoms with Crippen LogP contribution >= 0.6 is 11.3 Å². The first-order valence-corrected chi connectivity index (χ1v) is 9.91. The Labute approximate surface area is 152 Å². The molecule has 3 heterocycles. The minimum Gasteiger partial charge on any atom is -0.421 e. The second kappa shape index (κ2) is 8.58. The van der Waals surface area contributed by atoms with E-state index in [0.29, 0.717) is 24.6 Å². The second-order valence-electron chi connectivity index (χ2n) is 6.99. The lowest BCUT2D eigenvalue weighted by Gasteiger charge is -2.32. The third-order valence-electron chi connectivity index (χ3n) is 4.48. The maximum Gasteiger partial charge on any atom is 0.248 e. The summed E-state index contributed by atoms with van der Waals surface area (Å²) in [5.41, 5.74) is 0.928. The predicted molar refractivity (Wildman–Crippen MR) is 98.4 cm³/mol. The van der Waals surface area contributed by atoms with Crippen LogP contribution in [0.25, 0.3) is 11.5 Å². The molecule has 25 heavy (non-hydrogen) atoms. The molecule has 0 aromatic carbocycles. The molecule has 2 aromatic rings. The van der Waals surface area contributed by atoms with Gasteiger partial charge in [-0.3, -0.25) is 4.79 Å². The van der Waals surface area contributed by atoms with E-state index >= 15 is 0 Å². The van der Waals surface area contributed by atoms with Gasteiger partial charge in [-0.1, -0.05) is 6.92 Å². The molecule has 1 saturated heterocycles. The van der Waals surface area contributed by atoms with E-state index in [1.165, 1.54) is 12.8 Å². The van der Waals surface area contributed by atoms with E-state index in [0.717, 1.165) is 31.1 Å². The van der Waals surface area contributed by atoms with Gasteiger partial charge in [0.1, 0.15) is 0 Å². The molecule has 0 bridgehead atoms. The zero-order valence-corrected chi connectivity index (χ0v) is 15.7. The first-order valence-electron chi connectivity index (χ1n) is 8.97. The Morgan fingerprint density at radius 2 is 2.40 bits per heavy atom. The molecule has 0 radical (unpaired) electrons. The van der Waals surface area contributed by atoms with Crippen LogP contribution in [0.2, 0.25) is 0 Å². The van der Waals surface area contributed by atoms with Gasteiger partial charge in [-0.25, -0.2) is 0 Å². The second-order valence-corrected chi connectivity index (χ2v) is 7.77. The molecule has 1 fully saturated rings. The van der Waals surface area contributed by atoms with E-state index < -0.39 is 0 Å². The molecule has 1 N–H and O–H groups in total. The summed E-state index contributed by atoms with van der Waals surface area (Å²) in [4.78, 5) is 14.6. The topological polar surface area (TPSA) is 71.3 Å².